The maximum Gasteiger partial charge on any atom is 0.302 e. The summed E-state index contributed by atoms with van der Waals surface area (Å²) in [7, 11) is 0. The summed E-state index contributed by atoms with van der Waals surface area (Å²) in [4.78, 5) is 36.2. The quantitative estimate of drug-likeness (QED) is 0.651. The van der Waals surface area contributed by atoms with Gasteiger partial charge in [-0.2, -0.15) is 0 Å². The van der Waals surface area contributed by atoms with E-state index >= 15 is 0 Å². The van der Waals surface area contributed by atoms with Gasteiger partial charge in [0.25, 0.3) is 0 Å². The lowest BCUT2D eigenvalue weighted by atomic mass is 9.57. The van der Waals surface area contributed by atoms with Crippen LogP contribution in [0.1, 0.15) is 67.2 Å². The van der Waals surface area contributed by atoms with E-state index in [9.17, 15) is 14.4 Å². The monoisotopic (exact) mass is 400 g/mol. The molecule has 0 bridgehead atoms. The minimum atomic E-state index is -0.472. The normalized spacial score (nSPS) is 31.6. The van der Waals surface area contributed by atoms with Crippen LogP contribution in [0.4, 0.5) is 0 Å². The van der Waals surface area contributed by atoms with Crippen LogP contribution in [0.3, 0.4) is 0 Å². The van der Waals surface area contributed by atoms with Gasteiger partial charge in [0.2, 0.25) is 0 Å². The molecule has 3 aliphatic carbocycles. The van der Waals surface area contributed by atoms with Crippen molar-refractivity contribution in [1.29, 1.82) is 0 Å². The molecule has 0 unspecified atom stereocenters. The van der Waals surface area contributed by atoms with Gasteiger partial charge in [0.15, 0.2) is 0 Å². The molecule has 1 saturated carbocycles. The number of fused-ring (bicyclic) bond motifs is 3. The first-order valence-electron chi connectivity index (χ1n) is 10.5. The molecule has 5 heteroatoms. The molecule has 1 fully saturated rings. The summed E-state index contributed by atoms with van der Waals surface area (Å²) in [6, 6.07) is 0. The molecule has 0 aliphatic heterocycles. The van der Waals surface area contributed by atoms with Crippen molar-refractivity contribution in [3.8, 4) is 0 Å². The lowest BCUT2D eigenvalue weighted by Crippen LogP contribution is -2.45. The van der Waals surface area contributed by atoms with Gasteiger partial charge >= 0.3 is 11.9 Å². The molecule has 3 atom stereocenters. The highest BCUT2D eigenvalue weighted by molar-refractivity contribution is 5.95. The summed E-state index contributed by atoms with van der Waals surface area (Å²) in [6.45, 7) is 11.5. The second kappa shape index (κ2) is 7.58. The van der Waals surface area contributed by atoms with E-state index in [0.29, 0.717) is 12.8 Å². The summed E-state index contributed by atoms with van der Waals surface area (Å²) < 4.78 is 11.0. The molecule has 0 heterocycles. The van der Waals surface area contributed by atoms with E-state index in [0.717, 1.165) is 29.6 Å². The molecular weight excluding hydrogens is 368 g/mol. The van der Waals surface area contributed by atoms with E-state index in [1.54, 1.807) is 0 Å². The fraction of sp³-hybridized carbons (Fsp3) is 0.625. The summed E-state index contributed by atoms with van der Waals surface area (Å²) in [6.07, 6.45) is 6.23. The van der Waals surface area contributed by atoms with Crippen LogP contribution in [0.15, 0.2) is 34.4 Å². The number of hydrogen-bond donors (Lipinski definition) is 0. The average Bonchev–Trinajstić information content (AvgIpc) is 2.80. The second-order valence-electron chi connectivity index (χ2n) is 9.39. The Balaban J connectivity index is 2.14. The van der Waals surface area contributed by atoms with Gasteiger partial charge in [-0.25, -0.2) is 0 Å². The first kappa shape index (κ1) is 21.5. The second-order valence-corrected chi connectivity index (χ2v) is 9.39. The molecule has 0 saturated heterocycles. The van der Waals surface area contributed by atoms with E-state index in [2.05, 4.69) is 33.8 Å². The molecule has 0 spiro atoms. The highest BCUT2D eigenvalue weighted by Crippen LogP contribution is 2.61. The Morgan fingerprint density at radius 3 is 2.41 bits per heavy atom. The Hall–Kier alpha value is -2.17. The number of carbonyl (C=O) groups excluding carboxylic acids is 3. The zero-order valence-electron chi connectivity index (χ0n) is 18.4. The molecule has 5 nitrogen and oxygen atoms in total. The Morgan fingerprint density at radius 1 is 1.14 bits per heavy atom. The lowest BCUT2D eigenvalue weighted by molar-refractivity contribution is -0.153. The van der Waals surface area contributed by atoms with Crippen molar-refractivity contribution >= 4 is 17.7 Å². The predicted molar refractivity (Wildman–Crippen MR) is 110 cm³/mol. The Labute approximate surface area is 173 Å². The topological polar surface area (TPSA) is 69.7 Å². The van der Waals surface area contributed by atoms with Crippen molar-refractivity contribution in [3.63, 3.8) is 0 Å². The van der Waals surface area contributed by atoms with Gasteiger partial charge in [0.05, 0.1) is 5.41 Å². The van der Waals surface area contributed by atoms with E-state index in [1.165, 1.54) is 19.4 Å². The zero-order chi connectivity index (χ0) is 21.6. The molecule has 0 aromatic heterocycles. The first-order valence-corrected chi connectivity index (χ1v) is 10.5. The number of ether oxygens (including phenoxy) is 2. The molecule has 3 rings (SSSR count). The molecule has 0 aromatic carbocycles. The maximum absolute atomic E-state index is 13.0. The number of rotatable bonds is 4. The predicted octanol–water partition coefficient (Wildman–Crippen LogP) is 4.47. The van der Waals surface area contributed by atoms with Gasteiger partial charge in [-0.3, -0.25) is 14.4 Å². The van der Waals surface area contributed by atoms with E-state index in [4.69, 9.17) is 9.47 Å². The summed E-state index contributed by atoms with van der Waals surface area (Å²) in [5.74, 6) is -0.0945. The molecule has 158 valence electrons. The van der Waals surface area contributed by atoms with Gasteiger partial charge in [-0.1, -0.05) is 38.5 Å². The zero-order valence-corrected chi connectivity index (χ0v) is 18.4. The van der Waals surface area contributed by atoms with Crippen LogP contribution in [-0.2, 0) is 23.9 Å². The van der Waals surface area contributed by atoms with Gasteiger partial charge in [0, 0.05) is 32.1 Å². The van der Waals surface area contributed by atoms with Crippen LogP contribution in [0, 0.1) is 16.7 Å². The van der Waals surface area contributed by atoms with E-state index in [1.807, 2.05) is 6.08 Å². The Bertz CT molecular complexity index is 843. The number of allylic oxidation sites excluding steroid dienone is 4. The molecule has 0 amide bonds. The summed E-state index contributed by atoms with van der Waals surface area (Å²) >= 11 is 0. The smallest absolute Gasteiger partial charge is 0.302 e. The molecule has 0 N–H and O–H groups in total. The van der Waals surface area contributed by atoms with Crippen molar-refractivity contribution in [1.82, 2.24) is 0 Å². The SMILES string of the molecule is CC(=O)OCC1=CC=C2C3=C(C(C)C)CC(=O)[C@]3(C)CC[C@@]2(C)[C@@H](OC(C)=O)C1. The van der Waals surface area contributed by atoms with Crippen LogP contribution in [-0.4, -0.2) is 30.4 Å². The summed E-state index contributed by atoms with van der Waals surface area (Å²) in [5, 5.41) is 0. The minimum absolute atomic E-state index is 0.180. The number of carbonyl (C=O) groups is 3. The molecule has 0 aromatic rings. The molecule has 3 aliphatic rings. The number of esters is 2. The Morgan fingerprint density at radius 2 is 1.83 bits per heavy atom. The fourth-order valence-corrected chi connectivity index (χ4v) is 5.12. The molecular formula is C24H32O5. The standard InChI is InChI=1S/C24H32O5/c1-14(2)18-12-20(27)24(6)10-9-23(5)19(22(18)24)8-7-17(13-28-15(3)25)11-21(23)29-16(4)26/h7-8,14,21H,9-13H2,1-6H3/t21-,23+,24-/m0/s1. The highest BCUT2D eigenvalue weighted by Gasteiger charge is 2.56. The largest absolute Gasteiger partial charge is 0.461 e. The van der Waals surface area contributed by atoms with Gasteiger partial charge in [0.1, 0.15) is 18.5 Å². The van der Waals surface area contributed by atoms with Crippen LogP contribution in [0.5, 0.6) is 0 Å². The first-order chi connectivity index (χ1) is 13.5. The van der Waals surface area contributed by atoms with Crippen molar-refractivity contribution in [2.45, 2.75) is 73.3 Å². The van der Waals surface area contributed by atoms with Crippen molar-refractivity contribution < 1.29 is 23.9 Å². The van der Waals surface area contributed by atoms with Gasteiger partial charge < -0.3 is 9.47 Å². The molecule has 29 heavy (non-hydrogen) atoms. The number of Topliss-reactive ketones (excluding diaryl/α,β-unsaturated/α-hetero) is 1. The van der Waals surface area contributed by atoms with Gasteiger partial charge in [-0.15, -0.1) is 0 Å². The van der Waals surface area contributed by atoms with Crippen LogP contribution >= 0.6 is 0 Å². The van der Waals surface area contributed by atoms with Crippen LogP contribution in [0.2, 0.25) is 0 Å². The maximum atomic E-state index is 13.0. The van der Waals surface area contributed by atoms with Gasteiger partial charge in [-0.05, 0) is 42.4 Å². The lowest BCUT2D eigenvalue weighted by Gasteiger charge is -2.48. The fourth-order valence-electron chi connectivity index (χ4n) is 5.12. The summed E-state index contributed by atoms with van der Waals surface area (Å²) in [5.41, 5.74) is 3.50. The third-order valence-electron chi connectivity index (χ3n) is 6.98. The van der Waals surface area contributed by atoms with Crippen LogP contribution in [0.25, 0.3) is 0 Å². The number of ketones is 1. The van der Waals surface area contributed by atoms with Crippen molar-refractivity contribution in [2.24, 2.45) is 16.7 Å². The molecule has 0 radical (unpaired) electrons. The van der Waals surface area contributed by atoms with Crippen molar-refractivity contribution in [2.75, 3.05) is 6.61 Å². The minimum Gasteiger partial charge on any atom is -0.461 e. The number of hydrogen-bond acceptors (Lipinski definition) is 5. The van der Waals surface area contributed by atoms with Crippen molar-refractivity contribution in [3.05, 3.63) is 34.4 Å². The average molecular weight is 401 g/mol. The highest BCUT2D eigenvalue weighted by atomic mass is 16.5. The third kappa shape index (κ3) is 3.72. The Kier molecular flexibility index (Phi) is 5.63. The van der Waals surface area contributed by atoms with E-state index in [-0.39, 0.29) is 41.8 Å². The third-order valence-corrected chi connectivity index (χ3v) is 6.98. The van der Waals surface area contributed by atoms with E-state index < -0.39 is 5.41 Å². The van der Waals surface area contributed by atoms with Crippen LogP contribution < -0.4 is 0 Å².